The molecular formula is C17H21NO5S. The topological polar surface area (TPSA) is 84.9 Å². The Morgan fingerprint density at radius 3 is 2.33 bits per heavy atom. The van der Waals surface area contributed by atoms with Gasteiger partial charge in [0.1, 0.15) is 0 Å². The van der Waals surface area contributed by atoms with Crippen LogP contribution in [0.5, 0.6) is 11.5 Å². The molecule has 0 aliphatic carbocycles. The Hall–Kier alpha value is -2.09. The Kier molecular flexibility index (Phi) is 6.19. The van der Waals surface area contributed by atoms with Crippen molar-refractivity contribution in [2.45, 2.75) is 17.4 Å². The third kappa shape index (κ3) is 4.70. The highest BCUT2D eigenvalue weighted by Gasteiger charge is 2.18. The molecule has 2 aromatic rings. The molecule has 130 valence electrons. The number of hydrogen-bond acceptors (Lipinski definition) is 5. The predicted octanol–water partition coefficient (Wildman–Crippen LogP) is 1.59. The fourth-order valence-corrected chi connectivity index (χ4v) is 3.32. The summed E-state index contributed by atoms with van der Waals surface area (Å²) in [6.07, 6.45) is -0.447. The van der Waals surface area contributed by atoms with Gasteiger partial charge in [-0.15, -0.1) is 0 Å². The minimum atomic E-state index is -3.75. The van der Waals surface area contributed by atoms with Crippen LogP contribution in [-0.2, 0) is 16.4 Å². The van der Waals surface area contributed by atoms with Gasteiger partial charge in [0.05, 0.1) is 25.2 Å². The molecule has 0 aromatic heterocycles. The van der Waals surface area contributed by atoms with Gasteiger partial charge < -0.3 is 14.6 Å². The van der Waals surface area contributed by atoms with Crippen LogP contribution < -0.4 is 14.2 Å². The first kappa shape index (κ1) is 18.3. The van der Waals surface area contributed by atoms with Crippen LogP contribution >= 0.6 is 0 Å². The second kappa shape index (κ2) is 8.14. The fourth-order valence-electron chi connectivity index (χ4n) is 2.23. The van der Waals surface area contributed by atoms with E-state index < -0.39 is 16.1 Å². The Balaban J connectivity index is 2.03. The van der Waals surface area contributed by atoms with Gasteiger partial charge in [0.25, 0.3) is 0 Å². The van der Waals surface area contributed by atoms with Crippen LogP contribution in [0.3, 0.4) is 0 Å². The van der Waals surface area contributed by atoms with E-state index in [0.717, 1.165) is 5.56 Å². The minimum absolute atomic E-state index is 0.0482. The van der Waals surface area contributed by atoms with Crippen molar-refractivity contribution in [1.29, 1.82) is 0 Å². The molecule has 0 radical (unpaired) electrons. The lowest BCUT2D eigenvalue weighted by Crippen LogP contribution is -2.33. The second-order valence-electron chi connectivity index (χ2n) is 5.21. The van der Waals surface area contributed by atoms with Crippen LogP contribution in [0.1, 0.15) is 5.56 Å². The normalized spacial score (nSPS) is 12.6. The summed E-state index contributed by atoms with van der Waals surface area (Å²) in [4.78, 5) is 0.0482. The first-order chi connectivity index (χ1) is 11.5. The zero-order chi connectivity index (χ0) is 17.6. The van der Waals surface area contributed by atoms with Crippen molar-refractivity contribution in [3.8, 4) is 11.5 Å². The molecule has 2 rings (SSSR count). The van der Waals surface area contributed by atoms with Gasteiger partial charge in [-0.25, -0.2) is 13.1 Å². The Morgan fingerprint density at radius 2 is 1.71 bits per heavy atom. The molecule has 0 amide bonds. The van der Waals surface area contributed by atoms with Gasteiger partial charge >= 0.3 is 0 Å². The van der Waals surface area contributed by atoms with Crippen molar-refractivity contribution < 1.29 is 23.0 Å². The van der Waals surface area contributed by atoms with E-state index in [1.807, 2.05) is 30.3 Å². The van der Waals surface area contributed by atoms with E-state index in [-0.39, 0.29) is 11.4 Å². The quantitative estimate of drug-likeness (QED) is 0.754. The maximum Gasteiger partial charge on any atom is 0.240 e. The van der Waals surface area contributed by atoms with Crippen LogP contribution in [0.15, 0.2) is 53.4 Å². The molecule has 0 aliphatic heterocycles. The van der Waals surface area contributed by atoms with Crippen molar-refractivity contribution in [2.75, 3.05) is 20.8 Å². The molecule has 0 fully saturated rings. The third-order valence-electron chi connectivity index (χ3n) is 3.49. The molecule has 24 heavy (non-hydrogen) atoms. The average molecular weight is 351 g/mol. The summed E-state index contributed by atoms with van der Waals surface area (Å²) in [5.41, 5.74) is 0.940. The van der Waals surface area contributed by atoms with Gasteiger partial charge in [0.2, 0.25) is 10.0 Å². The number of aliphatic hydroxyl groups excluding tert-OH is 1. The van der Waals surface area contributed by atoms with Gasteiger partial charge in [-0.2, -0.15) is 0 Å². The first-order valence-corrected chi connectivity index (χ1v) is 8.88. The van der Waals surface area contributed by atoms with Crippen LogP contribution in [-0.4, -0.2) is 40.4 Å². The van der Waals surface area contributed by atoms with Crippen molar-refractivity contribution in [3.63, 3.8) is 0 Å². The van der Waals surface area contributed by atoms with Crippen LogP contribution in [0, 0.1) is 0 Å². The van der Waals surface area contributed by atoms with E-state index in [1.165, 1.54) is 32.4 Å². The Labute approximate surface area is 142 Å². The van der Waals surface area contributed by atoms with E-state index in [4.69, 9.17) is 9.47 Å². The summed E-state index contributed by atoms with van der Waals surface area (Å²) in [5, 5.41) is 10.0. The molecule has 0 aliphatic rings. The molecule has 0 saturated heterocycles. The summed E-state index contributed by atoms with van der Waals surface area (Å²) in [6.45, 7) is -0.0778. The van der Waals surface area contributed by atoms with Gasteiger partial charge in [0, 0.05) is 12.6 Å². The minimum Gasteiger partial charge on any atom is -0.493 e. The maximum absolute atomic E-state index is 12.3. The summed E-state index contributed by atoms with van der Waals surface area (Å²) in [7, 11) is -0.839. The zero-order valence-corrected chi connectivity index (χ0v) is 14.4. The Bertz CT molecular complexity index is 762. The number of nitrogens with one attached hydrogen (secondary N) is 1. The number of ether oxygens (including phenoxy) is 2. The van der Waals surface area contributed by atoms with Crippen LogP contribution in [0.25, 0.3) is 0 Å². The van der Waals surface area contributed by atoms with E-state index in [0.29, 0.717) is 17.9 Å². The number of rotatable bonds is 8. The number of aliphatic hydroxyl groups is 1. The standard InChI is InChI=1S/C17H21NO5S/c1-22-16-9-8-15(11-17(16)23-2)24(20,21)18-12-14(19)10-13-6-4-3-5-7-13/h3-9,11,14,18-19H,10,12H2,1-2H3. The highest BCUT2D eigenvalue weighted by Crippen LogP contribution is 2.29. The highest BCUT2D eigenvalue weighted by molar-refractivity contribution is 7.89. The summed E-state index contributed by atoms with van der Waals surface area (Å²) in [5.74, 6) is 0.769. The zero-order valence-electron chi connectivity index (χ0n) is 13.6. The van der Waals surface area contributed by atoms with Gasteiger partial charge in [-0.1, -0.05) is 30.3 Å². The number of hydrogen-bond donors (Lipinski definition) is 2. The molecular weight excluding hydrogens is 330 g/mol. The second-order valence-corrected chi connectivity index (χ2v) is 6.98. The molecule has 1 atom stereocenters. The van der Waals surface area contributed by atoms with Gasteiger partial charge in [0.15, 0.2) is 11.5 Å². The van der Waals surface area contributed by atoms with Crippen LogP contribution in [0.4, 0.5) is 0 Å². The molecule has 1 unspecified atom stereocenters. The largest absolute Gasteiger partial charge is 0.493 e. The van der Waals surface area contributed by atoms with Crippen molar-refractivity contribution >= 4 is 10.0 Å². The molecule has 0 saturated carbocycles. The number of methoxy groups -OCH3 is 2. The summed E-state index contributed by atoms with van der Waals surface area (Å²) in [6, 6.07) is 13.7. The van der Waals surface area contributed by atoms with Crippen molar-refractivity contribution in [2.24, 2.45) is 0 Å². The molecule has 0 spiro atoms. The molecule has 0 heterocycles. The van der Waals surface area contributed by atoms with Crippen LogP contribution in [0.2, 0.25) is 0 Å². The third-order valence-corrected chi connectivity index (χ3v) is 4.91. The Morgan fingerprint density at radius 1 is 1.04 bits per heavy atom. The summed E-state index contributed by atoms with van der Waals surface area (Å²) < 4.78 is 37.3. The predicted molar refractivity (Wildman–Crippen MR) is 90.9 cm³/mol. The van der Waals surface area contributed by atoms with Crippen molar-refractivity contribution in [1.82, 2.24) is 4.72 Å². The average Bonchev–Trinajstić information content (AvgIpc) is 2.60. The number of sulfonamides is 1. The summed E-state index contributed by atoms with van der Waals surface area (Å²) >= 11 is 0. The number of benzene rings is 2. The lowest BCUT2D eigenvalue weighted by molar-refractivity contribution is 0.179. The molecule has 6 nitrogen and oxygen atoms in total. The smallest absolute Gasteiger partial charge is 0.240 e. The van der Waals surface area contributed by atoms with Gasteiger partial charge in [-0.05, 0) is 24.1 Å². The van der Waals surface area contributed by atoms with E-state index in [1.54, 1.807) is 0 Å². The fraction of sp³-hybridized carbons (Fsp3) is 0.294. The maximum atomic E-state index is 12.3. The van der Waals surface area contributed by atoms with E-state index >= 15 is 0 Å². The van der Waals surface area contributed by atoms with Crippen molar-refractivity contribution in [3.05, 3.63) is 54.1 Å². The highest BCUT2D eigenvalue weighted by atomic mass is 32.2. The SMILES string of the molecule is COc1ccc(S(=O)(=O)NCC(O)Cc2ccccc2)cc1OC. The van der Waals surface area contributed by atoms with E-state index in [9.17, 15) is 13.5 Å². The molecule has 0 bridgehead atoms. The molecule has 2 N–H and O–H groups in total. The lowest BCUT2D eigenvalue weighted by Gasteiger charge is -2.14. The van der Waals surface area contributed by atoms with E-state index in [2.05, 4.69) is 4.72 Å². The first-order valence-electron chi connectivity index (χ1n) is 7.40. The lowest BCUT2D eigenvalue weighted by atomic mass is 10.1. The van der Waals surface area contributed by atoms with Gasteiger partial charge in [-0.3, -0.25) is 0 Å². The molecule has 2 aromatic carbocycles. The molecule has 7 heteroatoms. The monoisotopic (exact) mass is 351 g/mol.